The first-order valence-electron chi connectivity index (χ1n) is 14.9. The van der Waals surface area contributed by atoms with E-state index in [1.807, 2.05) is 24.3 Å². The van der Waals surface area contributed by atoms with Crippen molar-refractivity contribution in [3.05, 3.63) is 53.1 Å². The smallest absolute Gasteiger partial charge is 0.343 e. The summed E-state index contributed by atoms with van der Waals surface area (Å²) >= 11 is 0. The van der Waals surface area contributed by atoms with Gasteiger partial charge in [0.25, 0.3) is 0 Å². The van der Waals surface area contributed by atoms with Crippen LogP contribution in [0.1, 0.15) is 138 Å². The number of carbonyl (C=O) groups excluding carboxylic acids is 1. The van der Waals surface area contributed by atoms with Gasteiger partial charge < -0.3 is 14.9 Å². The minimum absolute atomic E-state index is 0.193. The number of unbranched alkanes of at least 4 members (excludes halogenated alkanes) is 14. The highest BCUT2D eigenvalue weighted by molar-refractivity contribution is 5.94. The van der Waals surface area contributed by atoms with Crippen LogP contribution in [0.2, 0.25) is 0 Å². The van der Waals surface area contributed by atoms with Gasteiger partial charge in [-0.15, -0.1) is 0 Å². The monoisotopic (exact) mass is 510 g/mol. The summed E-state index contributed by atoms with van der Waals surface area (Å²) in [5, 5.41) is 20.6. The maximum Gasteiger partial charge on any atom is 0.343 e. The van der Waals surface area contributed by atoms with Crippen molar-refractivity contribution in [2.24, 2.45) is 0 Å². The highest BCUT2D eigenvalue weighted by atomic mass is 16.5. The summed E-state index contributed by atoms with van der Waals surface area (Å²) in [6.45, 7) is 4.47. The van der Waals surface area contributed by atoms with E-state index in [0.29, 0.717) is 23.3 Å². The van der Waals surface area contributed by atoms with E-state index in [0.717, 1.165) is 37.7 Å². The van der Waals surface area contributed by atoms with Gasteiger partial charge in [0.15, 0.2) is 11.5 Å². The minimum Gasteiger partial charge on any atom is -0.504 e. The fourth-order valence-corrected chi connectivity index (χ4v) is 4.92. The van der Waals surface area contributed by atoms with Gasteiger partial charge in [0.2, 0.25) is 0 Å². The van der Waals surface area contributed by atoms with E-state index in [-0.39, 0.29) is 11.5 Å². The van der Waals surface area contributed by atoms with Crippen LogP contribution in [0.15, 0.2) is 36.4 Å². The standard InChI is InChI=1S/C33H50O4/c1-3-5-7-9-11-13-15-17-21-27-22-19-20-24-31(27)37-33(36)29-25-26-30(34)32(35)28(29)23-18-16-14-12-10-8-6-4-2/h19-20,22,24-26,34-35H,3-18,21,23H2,1-2H3. The number of aryl methyl sites for hydroxylation is 1. The number of para-hydroxylation sites is 1. The van der Waals surface area contributed by atoms with E-state index in [9.17, 15) is 15.0 Å². The molecule has 0 aromatic heterocycles. The number of esters is 1. The second-order valence-electron chi connectivity index (χ2n) is 10.4. The van der Waals surface area contributed by atoms with E-state index in [1.165, 1.54) is 83.1 Å². The molecule has 0 unspecified atom stereocenters. The third kappa shape index (κ3) is 11.6. The first-order chi connectivity index (χ1) is 18.1. The van der Waals surface area contributed by atoms with Crippen molar-refractivity contribution in [1.29, 1.82) is 0 Å². The van der Waals surface area contributed by atoms with Gasteiger partial charge in [-0.25, -0.2) is 4.79 Å². The van der Waals surface area contributed by atoms with Crippen LogP contribution >= 0.6 is 0 Å². The number of hydrogen-bond acceptors (Lipinski definition) is 4. The molecule has 2 aromatic rings. The number of phenols is 2. The van der Waals surface area contributed by atoms with Gasteiger partial charge in [-0.3, -0.25) is 0 Å². The largest absolute Gasteiger partial charge is 0.504 e. The summed E-state index contributed by atoms with van der Waals surface area (Å²) in [4.78, 5) is 13.2. The Morgan fingerprint density at radius 1 is 0.649 bits per heavy atom. The van der Waals surface area contributed by atoms with E-state index >= 15 is 0 Å². The molecule has 0 aliphatic heterocycles. The molecule has 0 atom stereocenters. The summed E-state index contributed by atoms with van der Waals surface area (Å²) in [6, 6.07) is 10.7. The lowest BCUT2D eigenvalue weighted by Crippen LogP contribution is -2.13. The molecule has 0 spiro atoms. The molecule has 2 N–H and O–H groups in total. The van der Waals surface area contributed by atoms with E-state index in [4.69, 9.17) is 4.74 Å². The predicted octanol–water partition coefficient (Wildman–Crippen LogP) is 9.68. The van der Waals surface area contributed by atoms with Crippen LogP contribution in [0, 0.1) is 0 Å². The molecule has 0 bridgehead atoms. The quantitative estimate of drug-likeness (QED) is 0.0805. The molecule has 0 aliphatic carbocycles. The van der Waals surface area contributed by atoms with Crippen LogP contribution in [-0.4, -0.2) is 16.2 Å². The number of benzene rings is 2. The highest BCUT2D eigenvalue weighted by Crippen LogP contribution is 2.34. The van der Waals surface area contributed by atoms with Crippen molar-refractivity contribution >= 4 is 5.97 Å². The molecule has 2 rings (SSSR count). The molecular weight excluding hydrogens is 460 g/mol. The Labute approximate surface area is 225 Å². The van der Waals surface area contributed by atoms with Crippen LogP contribution in [0.3, 0.4) is 0 Å². The Balaban J connectivity index is 1.91. The zero-order valence-electron chi connectivity index (χ0n) is 23.4. The molecule has 0 saturated carbocycles. The van der Waals surface area contributed by atoms with Gasteiger partial charge in [0.05, 0.1) is 5.56 Å². The third-order valence-corrected chi connectivity index (χ3v) is 7.24. The normalized spacial score (nSPS) is 11.1. The molecule has 206 valence electrons. The Kier molecular flexibility index (Phi) is 15.5. The van der Waals surface area contributed by atoms with Crippen LogP contribution in [0.5, 0.6) is 17.2 Å². The summed E-state index contributed by atoms with van der Waals surface area (Å²) in [6.07, 6.45) is 20.9. The summed E-state index contributed by atoms with van der Waals surface area (Å²) in [7, 11) is 0. The van der Waals surface area contributed by atoms with Gasteiger partial charge in [-0.05, 0) is 49.4 Å². The van der Waals surface area contributed by atoms with Crippen LogP contribution in [0.25, 0.3) is 0 Å². The average molecular weight is 511 g/mol. The molecule has 37 heavy (non-hydrogen) atoms. The molecule has 0 saturated heterocycles. The number of phenolic OH excluding ortho intramolecular Hbond substituents is 2. The maximum absolute atomic E-state index is 13.2. The summed E-state index contributed by atoms with van der Waals surface area (Å²) in [5.41, 5.74) is 1.85. The van der Waals surface area contributed by atoms with Gasteiger partial charge in [0.1, 0.15) is 5.75 Å². The lowest BCUT2D eigenvalue weighted by atomic mass is 9.98. The fourth-order valence-electron chi connectivity index (χ4n) is 4.92. The Hall–Kier alpha value is -2.49. The number of carbonyl (C=O) groups is 1. The fraction of sp³-hybridized carbons (Fsp3) is 0.606. The zero-order valence-corrected chi connectivity index (χ0v) is 23.4. The molecule has 0 aliphatic rings. The van der Waals surface area contributed by atoms with E-state index in [1.54, 1.807) is 6.07 Å². The molecule has 0 amide bonds. The Bertz CT molecular complexity index is 905. The summed E-state index contributed by atoms with van der Waals surface area (Å²) in [5.74, 6) is -0.292. The molecule has 0 fully saturated rings. The molecule has 2 aromatic carbocycles. The molecule has 0 radical (unpaired) electrons. The number of rotatable bonds is 20. The number of ether oxygens (including phenoxy) is 1. The molecule has 0 heterocycles. The van der Waals surface area contributed by atoms with Crippen molar-refractivity contribution in [1.82, 2.24) is 0 Å². The summed E-state index contributed by atoms with van der Waals surface area (Å²) < 4.78 is 5.84. The number of hydrogen-bond donors (Lipinski definition) is 2. The molecule has 4 heteroatoms. The van der Waals surface area contributed by atoms with Crippen LogP contribution in [-0.2, 0) is 12.8 Å². The average Bonchev–Trinajstić information content (AvgIpc) is 2.90. The molecular formula is C33H50O4. The Morgan fingerprint density at radius 3 is 1.76 bits per heavy atom. The maximum atomic E-state index is 13.2. The van der Waals surface area contributed by atoms with Crippen molar-refractivity contribution < 1.29 is 19.7 Å². The minimum atomic E-state index is -0.478. The Morgan fingerprint density at radius 2 is 1.16 bits per heavy atom. The lowest BCUT2D eigenvalue weighted by Gasteiger charge is -2.14. The topological polar surface area (TPSA) is 66.8 Å². The first kappa shape index (κ1) is 30.7. The zero-order chi connectivity index (χ0) is 26.7. The van der Waals surface area contributed by atoms with Crippen LogP contribution < -0.4 is 4.74 Å². The van der Waals surface area contributed by atoms with Crippen LogP contribution in [0.4, 0.5) is 0 Å². The second kappa shape index (κ2) is 18.7. The lowest BCUT2D eigenvalue weighted by molar-refractivity contribution is 0.0731. The van der Waals surface area contributed by atoms with Crippen molar-refractivity contribution in [2.45, 2.75) is 129 Å². The van der Waals surface area contributed by atoms with E-state index in [2.05, 4.69) is 13.8 Å². The van der Waals surface area contributed by atoms with Gasteiger partial charge in [-0.2, -0.15) is 0 Å². The van der Waals surface area contributed by atoms with Crippen molar-refractivity contribution in [2.75, 3.05) is 0 Å². The van der Waals surface area contributed by atoms with E-state index < -0.39 is 5.97 Å². The molecule has 4 nitrogen and oxygen atoms in total. The van der Waals surface area contributed by atoms with Gasteiger partial charge >= 0.3 is 5.97 Å². The third-order valence-electron chi connectivity index (χ3n) is 7.24. The second-order valence-corrected chi connectivity index (χ2v) is 10.4. The SMILES string of the molecule is CCCCCCCCCCc1ccccc1OC(=O)c1ccc(O)c(O)c1CCCCCCCCCC. The highest BCUT2D eigenvalue weighted by Gasteiger charge is 2.20. The predicted molar refractivity (Wildman–Crippen MR) is 154 cm³/mol. The van der Waals surface area contributed by atoms with Gasteiger partial charge in [0, 0.05) is 5.56 Å². The number of aromatic hydroxyl groups is 2. The van der Waals surface area contributed by atoms with Crippen molar-refractivity contribution in [3.8, 4) is 17.2 Å². The van der Waals surface area contributed by atoms with Gasteiger partial charge in [-0.1, -0.05) is 122 Å². The first-order valence-corrected chi connectivity index (χ1v) is 14.9. The van der Waals surface area contributed by atoms with Crippen molar-refractivity contribution in [3.63, 3.8) is 0 Å².